The highest BCUT2D eigenvalue weighted by Gasteiger charge is 2.42. The van der Waals surface area contributed by atoms with E-state index in [1.165, 1.54) is 19.3 Å². The van der Waals surface area contributed by atoms with Crippen LogP contribution in [0, 0.1) is 11.8 Å². The van der Waals surface area contributed by atoms with E-state index in [1.807, 2.05) is 23.2 Å². The van der Waals surface area contributed by atoms with Gasteiger partial charge in [0.1, 0.15) is 6.04 Å². The molecule has 2 aromatic rings. The highest BCUT2D eigenvalue weighted by Crippen LogP contribution is 2.43. The maximum absolute atomic E-state index is 13.6. The van der Waals surface area contributed by atoms with Gasteiger partial charge in [0.05, 0.1) is 28.9 Å². The van der Waals surface area contributed by atoms with Crippen LogP contribution >= 0.6 is 23.2 Å². The molecule has 1 saturated carbocycles. The minimum absolute atomic E-state index is 0.00961. The van der Waals surface area contributed by atoms with Crippen LogP contribution in [0.25, 0.3) is 6.08 Å². The highest BCUT2D eigenvalue weighted by molar-refractivity contribution is 6.36. The summed E-state index contributed by atoms with van der Waals surface area (Å²) < 4.78 is 5.28. The molecule has 2 fully saturated rings. The molecule has 34 heavy (non-hydrogen) atoms. The molecule has 6 rings (SSSR count). The van der Waals surface area contributed by atoms with Crippen LogP contribution in [0.5, 0.6) is 0 Å². The van der Waals surface area contributed by atoms with Gasteiger partial charge in [0.2, 0.25) is 0 Å². The largest absolute Gasteiger partial charge is 0.472 e. The van der Waals surface area contributed by atoms with Gasteiger partial charge in [0.15, 0.2) is 0 Å². The van der Waals surface area contributed by atoms with Crippen LogP contribution in [0.3, 0.4) is 0 Å². The summed E-state index contributed by atoms with van der Waals surface area (Å²) in [7, 11) is 0. The number of hydrogen-bond acceptors (Lipinski definition) is 5. The predicted octanol–water partition coefficient (Wildman–Crippen LogP) is 5.56. The molecule has 1 saturated heterocycles. The molecule has 178 valence electrons. The second-order valence-electron chi connectivity index (χ2n) is 9.78. The lowest BCUT2D eigenvalue weighted by Gasteiger charge is -2.27. The number of amides is 1. The quantitative estimate of drug-likeness (QED) is 0.577. The monoisotopic (exact) mass is 498 g/mol. The van der Waals surface area contributed by atoms with Crippen molar-refractivity contribution in [3.63, 3.8) is 0 Å². The van der Waals surface area contributed by atoms with E-state index in [2.05, 4.69) is 21.9 Å². The maximum atomic E-state index is 13.6. The van der Waals surface area contributed by atoms with Gasteiger partial charge < -0.3 is 4.42 Å². The molecule has 3 unspecified atom stereocenters. The summed E-state index contributed by atoms with van der Waals surface area (Å²) in [6, 6.07) is 6.95. The Labute approximate surface area is 209 Å². The molecule has 0 spiro atoms. The number of hydrazine groups is 2. The van der Waals surface area contributed by atoms with Crippen molar-refractivity contribution in [2.24, 2.45) is 11.8 Å². The molecule has 2 N–H and O–H groups in total. The van der Waals surface area contributed by atoms with Gasteiger partial charge in [-0.05, 0) is 85.4 Å². The summed E-state index contributed by atoms with van der Waals surface area (Å²) in [6.45, 7) is 1.90. The van der Waals surface area contributed by atoms with Crippen molar-refractivity contribution < 1.29 is 9.21 Å². The number of nitrogens with one attached hydrogen (secondary N) is 2. The van der Waals surface area contributed by atoms with E-state index in [1.54, 1.807) is 18.6 Å². The Morgan fingerprint density at radius 1 is 1.12 bits per heavy atom. The third-order valence-electron chi connectivity index (χ3n) is 7.62. The fraction of sp³-hybridized carbons (Fsp3) is 0.423. The second kappa shape index (κ2) is 9.08. The zero-order chi connectivity index (χ0) is 23.2. The molecule has 3 atom stereocenters. The normalized spacial score (nSPS) is 28.0. The summed E-state index contributed by atoms with van der Waals surface area (Å²) in [4.78, 5) is 13.6. The van der Waals surface area contributed by atoms with E-state index >= 15 is 0 Å². The van der Waals surface area contributed by atoms with E-state index in [0.29, 0.717) is 10.0 Å². The van der Waals surface area contributed by atoms with Crippen molar-refractivity contribution in [2.45, 2.75) is 44.6 Å². The predicted molar refractivity (Wildman–Crippen MR) is 134 cm³/mol. The first kappa shape index (κ1) is 22.2. The SMILES string of the molecule is O=C(NN1CC2CCCC2C1)C1NN(c2ccc(Cl)cc2Cl)C2=C1CCC/C2=C\c1ccoc1. The summed E-state index contributed by atoms with van der Waals surface area (Å²) >= 11 is 12.8. The fourth-order valence-electron chi connectivity index (χ4n) is 6.07. The molecule has 3 heterocycles. The van der Waals surface area contributed by atoms with Crippen molar-refractivity contribution in [1.29, 1.82) is 0 Å². The van der Waals surface area contributed by atoms with Gasteiger partial charge in [-0.2, -0.15) is 0 Å². The molecular formula is C26H28Cl2N4O2. The lowest BCUT2D eigenvalue weighted by Crippen LogP contribution is -2.52. The van der Waals surface area contributed by atoms with Gasteiger partial charge in [-0.3, -0.25) is 15.2 Å². The zero-order valence-electron chi connectivity index (χ0n) is 18.9. The number of rotatable bonds is 4. The first-order chi connectivity index (χ1) is 16.6. The minimum Gasteiger partial charge on any atom is -0.472 e. The Bertz CT molecular complexity index is 1150. The molecule has 2 aliphatic carbocycles. The van der Waals surface area contributed by atoms with Gasteiger partial charge >= 0.3 is 0 Å². The number of furan rings is 1. The third kappa shape index (κ3) is 4.07. The van der Waals surface area contributed by atoms with Crippen LogP contribution in [-0.2, 0) is 4.79 Å². The van der Waals surface area contributed by atoms with Gasteiger partial charge in [-0.15, -0.1) is 0 Å². The smallest absolute Gasteiger partial charge is 0.257 e. The molecule has 0 bridgehead atoms. The molecule has 8 heteroatoms. The molecule has 2 aliphatic heterocycles. The van der Waals surface area contributed by atoms with Gasteiger partial charge in [0, 0.05) is 23.7 Å². The number of halogens is 2. The van der Waals surface area contributed by atoms with Crippen molar-refractivity contribution >= 4 is 40.9 Å². The molecular weight excluding hydrogens is 471 g/mol. The average Bonchev–Trinajstić information content (AvgIpc) is 3.58. The Hall–Kier alpha value is -2.25. The Morgan fingerprint density at radius 3 is 2.68 bits per heavy atom. The number of hydrogen-bond donors (Lipinski definition) is 2. The molecule has 4 aliphatic rings. The van der Waals surface area contributed by atoms with Crippen molar-refractivity contribution in [3.05, 3.63) is 69.2 Å². The van der Waals surface area contributed by atoms with Gasteiger partial charge in [-0.25, -0.2) is 10.4 Å². The van der Waals surface area contributed by atoms with Crippen LogP contribution in [0.1, 0.15) is 44.1 Å². The Morgan fingerprint density at radius 2 is 1.94 bits per heavy atom. The zero-order valence-corrected chi connectivity index (χ0v) is 20.4. The summed E-state index contributed by atoms with van der Waals surface area (Å²) in [5, 5.41) is 5.21. The Balaban J connectivity index is 1.33. The van der Waals surface area contributed by atoms with Crippen LogP contribution in [0.2, 0.25) is 10.0 Å². The van der Waals surface area contributed by atoms with Gasteiger partial charge in [0.25, 0.3) is 5.91 Å². The Kier molecular flexibility index (Phi) is 5.94. The minimum atomic E-state index is -0.449. The van der Waals surface area contributed by atoms with Crippen molar-refractivity contribution in [2.75, 3.05) is 18.1 Å². The number of nitrogens with zero attached hydrogens (tertiary/aromatic N) is 2. The van der Waals surface area contributed by atoms with E-state index in [-0.39, 0.29) is 5.91 Å². The number of allylic oxidation sites excluding steroid dienone is 1. The molecule has 1 aromatic heterocycles. The van der Waals surface area contributed by atoms with E-state index < -0.39 is 6.04 Å². The fourth-order valence-corrected chi connectivity index (χ4v) is 6.56. The number of carbonyl (C=O) groups is 1. The summed E-state index contributed by atoms with van der Waals surface area (Å²) in [6.07, 6.45) is 12.2. The maximum Gasteiger partial charge on any atom is 0.257 e. The lowest BCUT2D eigenvalue weighted by molar-refractivity contribution is -0.126. The number of fused-ring (bicyclic) bond motifs is 1. The molecule has 1 amide bonds. The summed E-state index contributed by atoms with van der Waals surface area (Å²) in [5.41, 5.74) is 11.8. The standard InChI is InChI=1S/C26H28Cl2N4O2/c27-20-7-8-23(22(28)12-20)32-25-17(11-16-9-10-34-15-16)3-2-6-21(25)24(29-32)26(33)30-31-13-18-4-1-5-19(18)14-31/h7-12,15,18-19,24,29H,1-6,13-14H2,(H,30,33)/b17-11+. The highest BCUT2D eigenvalue weighted by atomic mass is 35.5. The first-order valence-electron chi connectivity index (χ1n) is 12.1. The number of benzene rings is 1. The average molecular weight is 499 g/mol. The summed E-state index contributed by atoms with van der Waals surface area (Å²) in [5.74, 6) is 1.43. The molecule has 1 aromatic carbocycles. The number of carbonyl (C=O) groups excluding carboxylic acids is 1. The van der Waals surface area contributed by atoms with Crippen molar-refractivity contribution in [1.82, 2.24) is 15.9 Å². The van der Waals surface area contributed by atoms with Crippen LogP contribution in [0.15, 0.2) is 58.1 Å². The van der Waals surface area contributed by atoms with Crippen LogP contribution in [-0.4, -0.2) is 30.0 Å². The van der Waals surface area contributed by atoms with E-state index in [0.717, 1.165) is 72.3 Å². The first-order valence-corrected chi connectivity index (χ1v) is 12.9. The van der Waals surface area contributed by atoms with Crippen LogP contribution in [0.4, 0.5) is 5.69 Å². The van der Waals surface area contributed by atoms with Crippen LogP contribution < -0.4 is 15.9 Å². The molecule has 6 nitrogen and oxygen atoms in total. The second-order valence-corrected chi connectivity index (χ2v) is 10.6. The molecule has 0 radical (unpaired) electrons. The van der Waals surface area contributed by atoms with E-state index in [4.69, 9.17) is 27.6 Å². The van der Waals surface area contributed by atoms with Gasteiger partial charge in [-0.1, -0.05) is 29.6 Å². The lowest BCUT2D eigenvalue weighted by atomic mass is 9.88. The van der Waals surface area contributed by atoms with E-state index in [9.17, 15) is 4.79 Å². The van der Waals surface area contributed by atoms with Crippen molar-refractivity contribution in [3.8, 4) is 0 Å². The third-order valence-corrected chi connectivity index (χ3v) is 8.16. The topological polar surface area (TPSA) is 60.8 Å². The number of anilines is 1.